The van der Waals surface area contributed by atoms with Crippen LogP contribution in [-0.4, -0.2) is 10.1 Å². The highest BCUT2D eigenvalue weighted by atomic mass is 16.3. The summed E-state index contributed by atoms with van der Waals surface area (Å²) >= 11 is 0. The van der Waals surface area contributed by atoms with E-state index in [9.17, 15) is 0 Å². The summed E-state index contributed by atoms with van der Waals surface area (Å²) in [7, 11) is 0. The van der Waals surface area contributed by atoms with Crippen molar-refractivity contribution in [1.29, 1.82) is 0 Å². The zero-order chi connectivity index (χ0) is 8.55. The van der Waals surface area contributed by atoms with Crippen molar-refractivity contribution in [3.63, 3.8) is 0 Å². The first-order chi connectivity index (χ1) is 5.77. The molecule has 1 saturated carbocycles. The Morgan fingerprint density at radius 2 is 2.25 bits per heavy atom. The smallest absolute Gasteiger partial charge is 0.134 e. The lowest BCUT2D eigenvalue weighted by Crippen LogP contribution is -2.12. The third-order valence-electron chi connectivity index (χ3n) is 2.26. The van der Waals surface area contributed by atoms with Crippen LogP contribution in [0.3, 0.4) is 0 Å². The first kappa shape index (κ1) is 7.55. The molecule has 0 spiro atoms. The summed E-state index contributed by atoms with van der Waals surface area (Å²) in [5, 5.41) is 9.15. The number of aromatic hydroxyl groups is 1. The molecule has 0 aromatic carbocycles. The first-order valence-corrected chi connectivity index (χ1v) is 4.17. The molecule has 2 rings (SSSR count). The Kier molecular flexibility index (Phi) is 1.73. The van der Waals surface area contributed by atoms with E-state index in [1.165, 1.54) is 19.0 Å². The van der Waals surface area contributed by atoms with Gasteiger partial charge in [-0.05, 0) is 30.4 Å². The number of hydrogen-bond acceptors (Lipinski definition) is 3. The molecule has 1 aromatic rings. The molecule has 0 saturated heterocycles. The fraction of sp³-hybridized carbons (Fsp3) is 0.444. The maximum Gasteiger partial charge on any atom is 0.134 e. The summed E-state index contributed by atoms with van der Waals surface area (Å²) in [5.74, 6) is 0.803. The maximum absolute atomic E-state index is 9.15. The van der Waals surface area contributed by atoms with Gasteiger partial charge in [-0.3, -0.25) is 4.98 Å². The van der Waals surface area contributed by atoms with Gasteiger partial charge in [0.1, 0.15) is 5.75 Å². The molecule has 1 heterocycles. The molecule has 0 radical (unpaired) electrons. The second-order valence-corrected chi connectivity index (χ2v) is 3.34. The van der Waals surface area contributed by atoms with Crippen LogP contribution in [0.5, 0.6) is 5.75 Å². The average molecular weight is 164 g/mol. The Morgan fingerprint density at radius 3 is 2.83 bits per heavy atom. The molecule has 1 aliphatic carbocycles. The molecule has 1 fully saturated rings. The molecule has 3 N–H and O–H groups in total. The van der Waals surface area contributed by atoms with E-state index in [1.807, 2.05) is 0 Å². The van der Waals surface area contributed by atoms with Crippen LogP contribution >= 0.6 is 0 Å². The van der Waals surface area contributed by atoms with Crippen LogP contribution in [0.4, 0.5) is 0 Å². The van der Waals surface area contributed by atoms with Crippen LogP contribution in [-0.2, 0) is 0 Å². The first-order valence-electron chi connectivity index (χ1n) is 4.17. The number of pyridine rings is 1. The number of hydrogen-bond donors (Lipinski definition) is 2. The molecule has 1 aromatic heterocycles. The van der Waals surface area contributed by atoms with E-state index in [2.05, 4.69) is 4.98 Å². The second kappa shape index (κ2) is 2.75. The van der Waals surface area contributed by atoms with Gasteiger partial charge < -0.3 is 10.8 Å². The lowest BCUT2D eigenvalue weighted by atomic mass is 10.1. The maximum atomic E-state index is 9.15. The predicted octanol–water partition coefficient (Wildman–Crippen LogP) is 1.20. The second-order valence-electron chi connectivity index (χ2n) is 3.34. The van der Waals surface area contributed by atoms with E-state index in [0.29, 0.717) is 5.92 Å². The van der Waals surface area contributed by atoms with Crippen molar-refractivity contribution in [3.05, 3.63) is 24.0 Å². The van der Waals surface area contributed by atoms with E-state index < -0.39 is 0 Å². The summed E-state index contributed by atoms with van der Waals surface area (Å²) < 4.78 is 0. The molecule has 0 aliphatic heterocycles. The Labute approximate surface area is 71.2 Å². The zero-order valence-corrected chi connectivity index (χ0v) is 6.77. The summed E-state index contributed by atoms with van der Waals surface area (Å²) in [6, 6.07) is 1.75. The highest BCUT2D eigenvalue weighted by molar-refractivity contribution is 5.25. The lowest BCUT2D eigenvalue weighted by molar-refractivity contribution is 0.470. The highest BCUT2D eigenvalue weighted by Crippen LogP contribution is 2.39. The number of aromatic nitrogens is 1. The van der Waals surface area contributed by atoms with E-state index in [4.69, 9.17) is 10.8 Å². The van der Waals surface area contributed by atoms with Crippen molar-refractivity contribution in [2.45, 2.75) is 18.9 Å². The van der Waals surface area contributed by atoms with Gasteiger partial charge in [-0.2, -0.15) is 0 Å². The van der Waals surface area contributed by atoms with Crippen molar-refractivity contribution in [2.75, 3.05) is 0 Å². The zero-order valence-electron chi connectivity index (χ0n) is 6.77. The minimum absolute atomic E-state index is 0.0598. The minimum Gasteiger partial charge on any atom is -0.506 e. The Hall–Kier alpha value is -1.09. The van der Waals surface area contributed by atoms with Crippen LogP contribution in [0.25, 0.3) is 0 Å². The summed E-state index contributed by atoms with van der Waals surface area (Å²) in [6.45, 7) is 0. The molecular weight excluding hydrogens is 152 g/mol. The van der Waals surface area contributed by atoms with Crippen LogP contribution < -0.4 is 5.73 Å². The van der Waals surface area contributed by atoms with Crippen molar-refractivity contribution >= 4 is 0 Å². The quantitative estimate of drug-likeness (QED) is 0.690. The van der Waals surface area contributed by atoms with Gasteiger partial charge in [-0.25, -0.2) is 0 Å². The third kappa shape index (κ3) is 1.41. The monoisotopic (exact) mass is 164 g/mol. The van der Waals surface area contributed by atoms with Gasteiger partial charge in [0.15, 0.2) is 0 Å². The topological polar surface area (TPSA) is 59.1 Å². The molecule has 3 heteroatoms. The Morgan fingerprint density at radius 1 is 1.50 bits per heavy atom. The molecular formula is C9H12N2O. The van der Waals surface area contributed by atoms with Crippen LogP contribution in [0.15, 0.2) is 18.5 Å². The Bertz CT molecular complexity index is 284. The van der Waals surface area contributed by atoms with E-state index >= 15 is 0 Å². The number of nitrogens with zero attached hydrogens (tertiary/aromatic N) is 1. The Balaban J connectivity index is 2.20. The lowest BCUT2D eigenvalue weighted by Gasteiger charge is -2.09. The van der Waals surface area contributed by atoms with E-state index in [-0.39, 0.29) is 11.8 Å². The van der Waals surface area contributed by atoms with E-state index in [0.717, 1.165) is 5.56 Å². The molecule has 64 valence electrons. The summed E-state index contributed by atoms with van der Waals surface area (Å²) in [6.07, 6.45) is 5.56. The van der Waals surface area contributed by atoms with Gasteiger partial charge in [0.2, 0.25) is 0 Å². The minimum atomic E-state index is 0.0598. The molecule has 3 nitrogen and oxygen atoms in total. The molecule has 1 unspecified atom stereocenters. The van der Waals surface area contributed by atoms with Gasteiger partial charge >= 0.3 is 0 Å². The number of nitrogens with two attached hydrogens (primary N) is 1. The molecule has 1 aliphatic rings. The van der Waals surface area contributed by atoms with Crippen LogP contribution in [0, 0.1) is 5.92 Å². The molecule has 12 heavy (non-hydrogen) atoms. The van der Waals surface area contributed by atoms with Gasteiger partial charge in [-0.1, -0.05) is 0 Å². The van der Waals surface area contributed by atoms with Gasteiger partial charge in [0.25, 0.3) is 0 Å². The van der Waals surface area contributed by atoms with Crippen molar-refractivity contribution < 1.29 is 5.11 Å². The number of rotatable bonds is 2. The molecule has 1 atom stereocenters. The fourth-order valence-electron chi connectivity index (χ4n) is 1.35. The van der Waals surface area contributed by atoms with E-state index in [1.54, 1.807) is 12.3 Å². The summed E-state index contributed by atoms with van der Waals surface area (Å²) in [5.41, 5.74) is 6.86. The van der Waals surface area contributed by atoms with Crippen LogP contribution in [0.1, 0.15) is 24.4 Å². The average Bonchev–Trinajstić information content (AvgIpc) is 2.85. The van der Waals surface area contributed by atoms with Crippen molar-refractivity contribution in [3.8, 4) is 5.75 Å². The summed E-state index contributed by atoms with van der Waals surface area (Å²) in [4.78, 5) is 3.89. The highest BCUT2D eigenvalue weighted by Gasteiger charge is 2.29. The largest absolute Gasteiger partial charge is 0.506 e. The van der Waals surface area contributed by atoms with Crippen molar-refractivity contribution in [1.82, 2.24) is 4.98 Å². The van der Waals surface area contributed by atoms with Crippen LogP contribution in [0.2, 0.25) is 0 Å². The van der Waals surface area contributed by atoms with Gasteiger partial charge in [0.05, 0.1) is 6.20 Å². The van der Waals surface area contributed by atoms with Crippen molar-refractivity contribution in [2.24, 2.45) is 11.7 Å². The SMILES string of the molecule is NC(c1cncc(O)c1)C1CC1. The third-order valence-corrected chi connectivity index (χ3v) is 2.26. The predicted molar refractivity (Wildman–Crippen MR) is 45.6 cm³/mol. The van der Waals surface area contributed by atoms with Gasteiger partial charge in [0, 0.05) is 12.2 Å². The fourth-order valence-corrected chi connectivity index (χ4v) is 1.35. The molecule has 0 amide bonds. The molecule has 0 bridgehead atoms. The normalized spacial score (nSPS) is 19.1. The van der Waals surface area contributed by atoms with Gasteiger partial charge in [-0.15, -0.1) is 0 Å². The standard InChI is InChI=1S/C9H12N2O/c10-9(6-1-2-6)7-3-8(12)5-11-4-7/h3-6,9,12H,1-2,10H2.